The lowest BCUT2D eigenvalue weighted by atomic mass is 10.2. The fourth-order valence-electron chi connectivity index (χ4n) is 1.69. The third kappa shape index (κ3) is 4.77. The van der Waals surface area contributed by atoms with Crippen molar-refractivity contribution in [3.8, 4) is 0 Å². The van der Waals surface area contributed by atoms with Crippen LogP contribution in [0.1, 0.15) is 25.7 Å². The van der Waals surface area contributed by atoms with Crippen molar-refractivity contribution in [3.63, 3.8) is 0 Å². The first-order valence-electron chi connectivity index (χ1n) is 6.23. The summed E-state index contributed by atoms with van der Waals surface area (Å²) in [7, 11) is -4.32. The van der Waals surface area contributed by atoms with E-state index in [9.17, 15) is 21.6 Å². The van der Waals surface area contributed by atoms with Crippen LogP contribution >= 0.6 is 0 Å². The van der Waals surface area contributed by atoms with Gasteiger partial charge in [0.15, 0.2) is 4.90 Å². The van der Waals surface area contributed by atoms with Crippen LogP contribution in [0.5, 0.6) is 0 Å². The van der Waals surface area contributed by atoms with Gasteiger partial charge in [0.05, 0.1) is 0 Å². The molecule has 0 aromatic heterocycles. The van der Waals surface area contributed by atoms with E-state index in [0.29, 0.717) is 25.1 Å². The Morgan fingerprint density at radius 3 is 2.10 bits per heavy atom. The highest BCUT2D eigenvalue weighted by Crippen LogP contribution is 2.19. The molecule has 0 unspecified atom stereocenters. The Bertz CT molecular complexity index is 527. The first-order chi connectivity index (χ1) is 9.38. The predicted molar refractivity (Wildman–Crippen MR) is 69.0 cm³/mol. The van der Waals surface area contributed by atoms with Gasteiger partial charge in [-0.1, -0.05) is 12.8 Å². The number of hydrogen-bond acceptors (Lipinski definition) is 3. The van der Waals surface area contributed by atoms with Crippen LogP contribution in [-0.2, 0) is 10.0 Å². The second-order valence-electron chi connectivity index (χ2n) is 4.30. The van der Waals surface area contributed by atoms with Crippen molar-refractivity contribution in [3.05, 3.63) is 29.6 Å². The highest BCUT2D eigenvalue weighted by Gasteiger charge is 2.24. The molecule has 114 valence electrons. The number of rotatable bonds is 8. The van der Waals surface area contributed by atoms with Crippen LogP contribution in [0.25, 0.3) is 0 Å². The van der Waals surface area contributed by atoms with E-state index in [2.05, 4.69) is 4.72 Å². The summed E-state index contributed by atoms with van der Waals surface area (Å²) in [4.78, 5) is -1.15. The van der Waals surface area contributed by atoms with E-state index < -0.39 is 32.4 Å². The number of benzene rings is 1. The molecule has 0 aliphatic carbocycles. The standard InChI is InChI=1S/C12H17F3N2O2S/c13-9-7-10(14)12(11(15)8-9)20(18,19)17-6-4-2-1-3-5-16/h7-8,17H,1-6,16H2. The Labute approximate surface area is 116 Å². The molecule has 0 radical (unpaired) electrons. The molecule has 0 spiro atoms. The molecule has 1 rings (SSSR count). The van der Waals surface area contributed by atoms with Crippen LogP contribution in [0.15, 0.2) is 17.0 Å². The third-order valence-electron chi connectivity index (χ3n) is 2.65. The van der Waals surface area contributed by atoms with Crippen LogP contribution in [0.3, 0.4) is 0 Å². The summed E-state index contributed by atoms with van der Waals surface area (Å²) < 4.78 is 65.0. The average molecular weight is 310 g/mol. The smallest absolute Gasteiger partial charge is 0.246 e. The topological polar surface area (TPSA) is 72.2 Å². The Kier molecular flexibility index (Phi) is 6.44. The maximum absolute atomic E-state index is 13.4. The van der Waals surface area contributed by atoms with Crippen molar-refractivity contribution in [1.82, 2.24) is 4.72 Å². The zero-order valence-electron chi connectivity index (χ0n) is 10.8. The SMILES string of the molecule is NCCCCCCNS(=O)(=O)c1c(F)cc(F)cc1F. The van der Waals surface area contributed by atoms with Crippen LogP contribution in [0, 0.1) is 17.5 Å². The Morgan fingerprint density at radius 2 is 1.55 bits per heavy atom. The maximum atomic E-state index is 13.4. The average Bonchev–Trinajstić information content (AvgIpc) is 2.31. The van der Waals surface area contributed by atoms with Crippen molar-refractivity contribution in [2.24, 2.45) is 5.73 Å². The van der Waals surface area contributed by atoms with Gasteiger partial charge in [-0.2, -0.15) is 0 Å². The molecular weight excluding hydrogens is 293 g/mol. The normalized spacial score (nSPS) is 11.8. The van der Waals surface area contributed by atoms with Gasteiger partial charge in [-0.25, -0.2) is 26.3 Å². The predicted octanol–water partition coefficient (Wildman–Crippen LogP) is 1.90. The molecule has 0 aliphatic heterocycles. The molecule has 0 bridgehead atoms. The van der Waals surface area contributed by atoms with Crippen LogP contribution < -0.4 is 10.5 Å². The zero-order valence-corrected chi connectivity index (χ0v) is 11.6. The summed E-state index contributed by atoms with van der Waals surface area (Å²) in [5.41, 5.74) is 5.31. The summed E-state index contributed by atoms with van der Waals surface area (Å²) in [5, 5.41) is 0. The van der Waals surface area contributed by atoms with Crippen molar-refractivity contribution in [2.75, 3.05) is 13.1 Å². The van der Waals surface area contributed by atoms with E-state index in [0.717, 1.165) is 19.3 Å². The molecule has 0 amide bonds. The highest BCUT2D eigenvalue weighted by molar-refractivity contribution is 7.89. The minimum Gasteiger partial charge on any atom is -0.330 e. The van der Waals surface area contributed by atoms with E-state index in [1.165, 1.54) is 0 Å². The number of nitrogens with two attached hydrogens (primary N) is 1. The molecule has 0 fully saturated rings. The number of hydrogen-bond donors (Lipinski definition) is 2. The summed E-state index contributed by atoms with van der Waals surface area (Å²) in [6.07, 6.45) is 2.99. The molecule has 0 saturated carbocycles. The molecule has 3 N–H and O–H groups in total. The maximum Gasteiger partial charge on any atom is 0.246 e. The summed E-state index contributed by atoms with van der Waals surface area (Å²) in [5.74, 6) is -4.06. The van der Waals surface area contributed by atoms with Crippen LogP contribution in [0.4, 0.5) is 13.2 Å². The number of nitrogens with one attached hydrogen (secondary N) is 1. The number of halogens is 3. The number of sulfonamides is 1. The summed E-state index contributed by atoms with van der Waals surface area (Å²) in [6, 6.07) is 0.664. The first kappa shape index (κ1) is 16.9. The van der Waals surface area contributed by atoms with Gasteiger partial charge in [0.1, 0.15) is 17.5 Å². The molecule has 0 heterocycles. The van der Waals surface area contributed by atoms with Gasteiger partial charge in [0.2, 0.25) is 10.0 Å². The molecule has 20 heavy (non-hydrogen) atoms. The second-order valence-corrected chi connectivity index (χ2v) is 6.00. The van der Waals surface area contributed by atoms with E-state index in [1.807, 2.05) is 0 Å². The Hall–Kier alpha value is -1.12. The molecule has 0 aliphatic rings. The van der Waals surface area contributed by atoms with Gasteiger partial charge in [-0.05, 0) is 19.4 Å². The fraction of sp³-hybridized carbons (Fsp3) is 0.500. The minimum absolute atomic E-state index is 0.0587. The molecule has 1 aromatic rings. The molecular formula is C12H17F3N2O2S. The summed E-state index contributed by atoms with van der Waals surface area (Å²) in [6.45, 7) is 0.626. The van der Waals surface area contributed by atoms with Gasteiger partial charge in [-0.15, -0.1) is 0 Å². The lowest BCUT2D eigenvalue weighted by Gasteiger charge is -2.08. The van der Waals surface area contributed by atoms with Crippen molar-refractivity contribution in [1.29, 1.82) is 0 Å². The van der Waals surface area contributed by atoms with Crippen LogP contribution in [0.2, 0.25) is 0 Å². The van der Waals surface area contributed by atoms with Gasteiger partial charge in [0.25, 0.3) is 0 Å². The van der Waals surface area contributed by atoms with Crippen LogP contribution in [-0.4, -0.2) is 21.5 Å². The molecule has 0 atom stereocenters. The molecule has 8 heteroatoms. The molecule has 0 saturated heterocycles. The van der Waals surface area contributed by atoms with Crippen molar-refractivity contribution in [2.45, 2.75) is 30.6 Å². The van der Waals surface area contributed by atoms with Gasteiger partial charge in [-0.3, -0.25) is 0 Å². The summed E-state index contributed by atoms with van der Waals surface area (Å²) >= 11 is 0. The lowest BCUT2D eigenvalue weighted by Crippen LogP contribution is -2.26. The Morgan fingerprint density at radius 1 is 1.00 bits per heavy atom. The fourth-order valence-corrected chi connectivity index (χ4v) is 2.88. The van der Waals surface area contributed by atoms with Gasteiger partial charge in [0, 0.05) is 18.7 Å². The van der Waals surface area contributed by atoms with E-state index >= 15 is 0 Å². The second kappa shape index (κ2) is 7.61. The number of unbranched alkanes of at least 4 members (excludes halogenated alkanes) is 3. The largest absolute Gasteiger partial charge is 0.330 e. The minimum atomic E-state index is -4.32. The first-order valence-corrected chi connectivity index (χ1v) is 7.71. The highest BCUT2D eigenvalue weighted by atomic mass is 32.2. The monoisotopic (exact) mass is 310 g/mol. The third-order valence-corrected chi connectivity index (χ3v) is 4.17. The van der Waals surface area contributed by atoms with Gasteiger partial charge < -0.3 is 5.73 Å². The van der Waals surface area contributed by atoms with E-state index in [1.54, 1.807) is 0 Å². The zero-order chi connectivity index (χ0) is 15.2. The molecule has 1 aromatic carbocycles. The molecule has 4 nitrogen and oxygen atoms in total. The quantitative estimate of drug-likeness (QED) is 0.720. The van der Waals surface area contributed by atoms with Crippen molar-refractivity contribution < 1.29 is 21.6 Å². The van der Waals surface area contributed by atoms with Crippen molar-refractivity contribution >= 4 is 10.0 Å². The Balaban J connectivity index is 2.66. The van der Waals surface area contributed by atoms with Gasteiger partial charge >= 0.3 is 0 Å². The lowest BCUT2D eigenvalue weighted by molar-refractivity contribution is 0.493. The van der Waals surface area contributed by atoms with E-state index in [-0.39, 0.29) is 6.54 Å². The van der Waals surface area contributed by atoms with E-state index in [4.69, 9.17) is 5.73 Å².